The van der Waals surface area contributed by atoms with Crippen molar-refractivity contribution in [1.29, 1.82) is 0 Å². The van der Waals surface area contributed by atoms with Crippen LogP contribution in [-0.2, 0) is 0 Å². The topological polar surface area (TPSA) is 57.8 Å². The van der Waals surface area contributed by atoms with Crippen LogP contribution < -0.4 is 5.32 Å². The Morgan fingerprint density at radius 3 is 3.00 bits per heavy atom. The Morgan fingerprint density at radius 2 is 2.27 bits per heavy atom. The molecule has 2 N–H and O–H groups in total. The molecule has 3 rings (SSSR count). The number of aromatic amines is 1. The third kappa shape index (κ3) is 2.92. The molecule has 3 aromatic rings. The molecule has 0 fully saturated rings. The van der Waals surface area contributed by atoms with Crippen LogP contribution in [0.2, 0.25) is 0 Å². The molecule has 2 heterocycles. The van der Waals surface area contributed by atoms with Crippen molar-refractivity contribution in [3.8, 4) is 11.3 Å². The van der Waals surface area contributed by atoms with E-state index in [4.69, 9.17) is 0 Å². The van der Waals surface area contributed by atoms with E-state index in [9.17, 15) is 9.18 Å². The Labute approximate surface area is 131 Å². The van der Waals surface area contributed by atoms with Crippen molar-refractivity contribution in [3.05, 3.63) is 64.2 Å². The van der Waals surface area contributed by atoms with Gasteiger partial charge in [-0.2, -0.15) is 16.4 Å². The Kier molecular flexibility index (Phi) is 4.02. The van der Waals surface area contributed by atoms with Crippen LogP contribution in [0.3, 0.4) is 0 Å². The first-order chi connectivity index (χ1) is 10.6. The molecule has 0 bridgehead atoms. The predicted octanol–water partition coefficient (Wildman–Crippen LogP) is 3.77. The van der Waals surface area contributed by atoms with Crippen LogP contribution in [-0.4, -0.2) is 16.1 Å². The van der Waals surface area contributed by atoms with E-state index in [1.54, 1.807) is 23.5 Å². The number of benzene rings is 1. The van der Waals surface area contributed by atoms with Crippen LogP contribution in [0.5, 0.6) is 0 Å². The first-order valence-corrected chi connectivity index (χ1v) is 7.71. The number of amides is 1. The number of H-pyrrole nitrogens is 1. The number of rotatable bonds is 4. The highest BCUT2D eigenvalue weighted by Gasteiger charge is 2.18. The number of halogens is 1. The maximum absolute atomic E-state index is 13.3. The van der Waals surface area contributed by atoms with Gasteiger partial charge in [0, 0.05) is 10.9 Å². The molecule has 1 aromatic carbocycles. The molecule has 2 aromatic heterocycles. The number of hydrogen-bond donors (Lipinski definition) is 2. The summed E-state index contributed by atoms with van der Waals surface area (Å²) in [6, 6.07) is 7.83. The minimum Gasteiger partial charge on any atom is -0.345 e. The molecule has 1 amide bonds. The molecule has 112 valence electrons. The van der Waals surface area contributed by atoms with Gasteiger partial charge in [0.2, 0.25) is 0 Å². The standard InChI is InChI=1S/C16H14FN3OS/c1-10(11-3-2-4-13(17)7-11)19-16(21)14-8-18-20-15(14)12-5-6-22-9-12/h2-10H,1H3,(H,18,20)(H,19,21)/t10-/m0/s1. The molecule has 0 saturated heterocycles. The third-order valence-electron chi connectivity index (χ3n) is 3.39. The number of hydrogen-bond acceptors (Lipinski definition) is 3. The van der Waals surface area contributed by atoms with Gasteiger partial charge in [0.1, 0.15) is 5.82 Å². The first kappa shape index (κ1) is 14.5. The summed E-state index contributed by atoms with van der Waals surface area (Å²) < 4.78 is 13.3. The quantitative estimate of drug-likeness (QED) is 0.770. The highest BCUT2D eigenvalue weighted by Crippen LogP contribution is 2.24. The van der Waals surface area contributed by atoms with Crippen molar-refractivity contribution in [2.45, 2.75) is 13.0 Å². The largest absolute Gasteiger partial charge is 0.345 e. The zero-order valence-corrected chi connectivity index (χ0v) is 12.7. The lowest BCUT2D eigenvalue weighted by atomic mass is 10.1. The second-order valence-corrected chi connectivity index (χ2v) is 5.70. The average Bonchev–Trinajstić information content (AvgIpc) is 3.17. The van der Waals surface area contributed by atoms with Crippen molar-refractivity contribution in [3.63, 3.8) is 0 Å². The molecule has 22 heavy (non-hydrogen) atoms. The summed E-state index contributed by atoms with van der Waals surface area (Å²) in [5, 5.41) is 13.5. The number of carbonyl (C=O) groups excluding carboxylic acids is 1. The fourth-order valence-corrected chi connectivity index (χ4v) is 2.87. The monoisotopic (exact) mass is 315 g/mol. The summed E-state index contributed by atoms with van der Waals surface area (Å²) in [7, 11) is 0. The zero-order chi connectivity index (χ0) is 15.5. The van der Waals surface area contributed by atoms with Crippen LogP contribution in [0, 0.1) is 5.82 Å². The Bertz CT molecular complexity index is 782. The van der Waals surface area contributed by atoms with Crippen LogP contribution in [0.25, 0.3) is 11.3 Å². The summed E-state index contributed by atoms with van der Waals surface area (Å²) in [6.45, 7) is 1.82. The van der Waals surface area contributed by atoms with E-state index in [1.807, 2.05) is 23.8 Å². The van der Waals surface area contributed by atoms with Crippen LogP contribution in [0.1, 0.15) is 28.9 Å². The molecular formula is C16H14FN3OS. The van der Waals surface area contributed by atoms with Crippen LogP contribution >= 0.6 is 11.3 Å². The van der Waals surface area contributed by atoms with Gasteiger partial charge in [-0.3, -0.25) is 9.89 Å². The maximum Gasteiger partial charge on any atom is 0.255 e. The van der Waals surface area contributed by atoms with E-state index < -0.39 is 0 Å². The van der Waals surface area contributed by atoms with Gasteiger partial charge in [-0.05, 0) is 36.1 Å². The lowest BCUT2D eigenvalue weighted by Crippen LogP contribution is -2.26. The SMILES string of the molecule is C[C@H](NC(=O)c1cn[nH]c1-c1ccsc1)c1cccc(F)c1. The van der Waals surface area contributed by atoms with Crippen molar-refractivity contribution < 1.29 is 9.18 Å². The molecule has 0 aliphatic rings. The molecule has 0 aliphatic heterocycles. The van der Waals surface area contributed by atoms with Gasteiger partial charge in [-0.15, -0.1) is 0 Å². The van der Waals surface area contributed by atoms with E-state index in [0.717, 1.165) is 5.56 Å². The highest BCUT2D eigenvalue weighted by atomic mass is 32.1. The smallest absolute Gasteiger partial charge is 0.255 e. The third-order valence-corrected chi connectivity index (χ3v) is 4.07. The molecule has 0 aliphatic carbocycles. The van der Waals surface area contributed by atoms with Gasteiger partial charge < -0.3 is 5.32 Å². The number of nitrogens with zero attached hydrogens (tertiary/aromatic N) is 1. The maximum atomic E-state index is 13.3. The highest BCUT2D eigenvalue weighted by molar-refractivity contribution is 7.08. The van der Waals surface area contributed by atoms with Gasteiger partial charge >= 0.3 is 0 Å². The summed E-state index contributed by atoms with van der Waals surface area (Å²) in [5.41, 5.74) is 2.80. The van der Waals surface area contributed by atoms with Crippen LogP contribution in [0.15, 0.2) is 47.3 Å². The molecule has 0 unspecified atom stereocenters. The molecular weight excluding hydrogens is 301 g/mol. The summed E-state index contributed by atoms with van der Waals surface area (Å²) in [4.78, 5) is 12.4. The van der Waals surface area contributed by atoms with Crippen molar-refractivity contribution in [2.24, 2.45) is 0 Å². The van der Waals surface area contributed by atoms with Crippen molar-refractivity contribution in [2.75, 3.05) is 0 Å². The molecule has 0 spiro atoms. The number of aromatic nitrogens is 2. The minimum absolute atomic E-state index is 0.244. The normalized spacial score (nSPS) is 12.1. The fourth-order valence-electron chi connectivity index (χ4n) is 2.22. The Morgan fingerprint density at radius 1 is 1.41 bits per heavy atom. The second kappa shape index (κ2) is 6.11. The Balaban J connectivity index is 1.79. The van der Waals surface area contributed by atoms with E-state index in [2.05, 4.69) is 15.5 Å². The van der Waals surface area contributed by atoms with Crippen LogP contribution in [0.4, 0.5) is 4.39 Å². The van der Waals surface area contributed by atoms with Gasteiger partial charge in [0.15, 0.2) is 0 Å². The second-order valence-electron chi connectivity index (χ2n) is 4.92. The lowest BCUT2D eigenvalue weighted by molar-refractivity contribution is 0.0940. The number of nitrogens with one attached hydrogen (secondary N) is 2. The minimum atomic E-state index is -0.319. The van der Waals surface area contributed by atoms with E-state index in [-0.39, 0.29) is 17.8 Å². The molecule has 0 saturated carbocycles. The summed E-state index contributed by atoms with van der Waals surface area (Å²) in [6.07, 6.45) is 1.50. The fraction of sp³-hybridized carbons (Fsp3) is 0.125. The lowest BCUT2D eigenvalue weighted by Gasteiger charge is -2.14. The molecule has 1 atom stereocenters. The van der Waals surface area contributed by atoms with Gasteiger partial charge in [-0.25, -0.2) is 4.39 Å². The van der Waals surface area contributed by atoms with Gasteiger partial charge in [0.05, 0.1) is 23.5 Å². The van der Waals surface area contributed by atoms with Crippen molar-refractivity contribution >= 4 is 17.2 Å². The van der Waals surface area contributed by atoms with Crippen molar-refractivity contribution in [1.82, 2.24) is 15.5 Å². The summed E-state index contributed by atoms with van der Waals surface area (Å²) >= 11 is 1.55. The average molecular weight is 315 g/mol. The van der Waals surface area contributed by atoms with E-state index >= 15 is 0 Å². The zero-order valence-electron chi connectivity index (χ0n) is 11.8. The number of thiophene rings is 1. The molecule has 4 nitrogen and oxygen atoms in total. The first-order valence-electron chi connectivity index (χ1n) is 6.77. The van der Waals surface area contributed by atoms with E-state index in [1.165, 1.54) is 18.3 Å². The Hall–Kier alpha value is -2.47. The summed E-state index contributed by atoms with van der Waals surface area (Å²) in [5.74, 6) is -0.562. The van der Waals surface area contributed by atoms with Gasteiger partial charge in [0.25, 0.3) is 5.91 Å². The molecule has 0 radical (unpaired) electrons. The van der Waals surface area contributed by atoms with E-state index in [0.29, 0.717) is 16.8 Å². The number of carbonyl (C=O) groups is 1. The predicted molar refractivity (Wildman–Crippen MR) is 84.2 cm³/mol. The molecule has 6 heteroatoms. The van der Waals surface area contributed by atoms with Gasteiger partial charge in [-0.1, -0.05) is 12.1 Å².